The van der Waals surface area contributed by atoms with Gasteiger partial charge in [-0.05, 0) is 17.3 Å². The maximum absolute atomic E-state index is 5.77. The lowest BCUT2D eigenvalue weighted by atomic mass is 10.4. The lowest BCUT2D eigenvalue weighted by molar-refractivity contribution is 1.70. The van der Waals surface area contributed by atoms with Crippen LogP contribution in [0.15, 0.2) is 28.7 Å². The van der Waals surface area contributed by atoms with Crippen LogP contribution in [0.3, 0.4) is 0 Å². The van der Waals surface area contributed by atoms with Crippen molar-refractivity contribution in [1.82, 2.24) is 0 Å². The summed E-state index contributed by atoms with van der Waals surface area (Å²) in [6.45, 7) is 0. The molecule has 0 aliphatic heterocycles. The van der Waals surface area contributed by atoms with E-state index in [0.29, 0.717) is 0 Å². The van der Waals surface area contributed by atoms with Crippen molar-refractivity contribution in [2.75, 3.05) is 0 Å². The topological polar surface area (TPSA) is 0 Å². The van der Waals surface area contributed by atoms with Gasteiger partial charge in [0, 0.05) is 4.47 Å². The zero-order valence-corrected chi connectivity index (χ0v) is 10.2. The Morgan fingerprint density at radius 2 is 1.45 bits per heavy atom. The van der Waals surface area contributed by atoms with Crippen molar-refractivity contribution in [2.45, 2.75) is 0 Å². The van der Waals surface area contributed by atoms with Crippen LogP contribution in [-0.4, -0.2) is 6.00 Å². The molecule has 0 aliphatic carbocycles. The summed E-state index contributed by atoms with van der Waals surface area (Å²) < 4.78 is 0.990. The third kappa shape index (κ3) is 2.96. The molecule has 0 fully saturated rings. The quantitative estimate of drug-likeness (QED) is 0.550. The molecule has 0 saturated heterocycles. The van der Waals surface area contributed by atoms with Crippen LogP contribution >= 0.6 is 49.2 Å². The number of rotatable bonds is 1. The largest absolute Gasteiger partial charge is 0.372 e. The van der Waals surface area contributed by atoms with Gasteiger partial charge >= 0.3 is 6.00 Å². The zero-order chi connectivity index (χ0) is 8.48. The second-order valence-corrected chi connectivity index (χ2v) is 11.3. The molecule has 0 radical (unpaired) electrons. The minimum atomic E-state index is -2.66. The van der Waals surface area contributed by atoms with Gasteiger partial charge in [-0.25, -0.2) is 0 Å². The molecule has 0 unspecified atom stereocenters. The molecule has 60 valence electrons. The van der Waals surface area contributed by atoms with Crippen molar-refractivity contribution in [3.63, 3.8) is 0 Å². The van der Waals surface area contributed by atoms with Crippen LogP contribution in [0.25, 0.3) is 0 Å². The van der Waals surface area contributed by atoms with E-state index in [1.165, 1.54) is 0 Å². The molecule has 0 saturated carbocycles. The van der Waals surface area contributed by atoms with Gasteiger partial charge in [-0.2, -0.15) is 0 Å². The maximum Gasteiger partial charge on any atom is 0.372 e. The fourth-order valence-electron chi connectivity index (χ4n) is 0.639. The van der Waals surface area contributed by atoms with Crippen molar-refractivity contribution in [3.05, 3.63) is 28.7 Å². The normalized spacial score (nSPS) is 11.6. The van der Waals surface area contributed by atoms with Gasteiger partial charge in [0.05, 0.1) is 0 Å². The van der Waals surface area contributed by atoms with Gasteiger partial charge in [-0.3, -0.25) is 0 Å². The molecule has 0 spiro atoms. The Morgan fingerprint density at radius 3 is 1.82 bits per heavy atom. The number of hydrogen-bond acceptors (Lipinski definition) is 0. The highest BCUT2D eigenvalue weighted by Gasteiger charge is 2.27. The molecule has 1 aromatic rings. The van der Waals surface area contributed by atoms with Crippen molar-refractivity contribution in [1.29, 1.82) is 0 Å². The molecule has 1 rings (SSSR count). The van der Waals surface area contributed by atoms with Crippen LogP contribution in [0.5, 0.6) is 0 Å². The van der Waals surface area contributed by atoms with E-state index in [0.717, 1.165) is 9.66 Å². The molecule has 11 heavy (non-hydrogen) atoms. The third-order valence-electron chi connectivity index (χ3n) is 1.17. The average molecular weight is 290 g/mol. The van der Waals surface area contributed by atoms with Crippen LogP contribution in [0.4, 0.5) is 0 Å². The summed E-state index contributed by atoms with van der Waals surface area (Å²) in [5.41, 5.74) is 0. The van der Waals surface area contributed by atoms with E-state index in [4.69, 9.17) is 33.2 Å². The molecule has 0 nitrogen and oxygen atoms in total. The highest BCUT2D eigenvalue weighted by molar-refractivity contribution is 9.10. The van der Waals surface area contributed by atoms with Gasteiger partial charge < -0.3 is 0 Å². The van der Waals surface area contributed by atoms with Crippen LogP contribution in [0.2, 0.25) is 0 Å². The summed E-state index contributed by atoms with van der Waals surface area (Å²) in [5, 5.41) is 0.811. The number of benzene rings is 1. The summed E-state index contributed by atoms with van der Waals surface area (Å²) in [6, 6.07) is 4.72. The lowest BCUT2D eigenvalue weighted by Crippen LogP contribution is -2.29. The first kappa shape index (κ1) is 9.87. The Kier molecular flexibility index (Phi) is 3.29. The van der Waals surface area contributed by atoms with Gasteiger partial charge in [0.15, 0.2) is 0 Å². The Labute approximate surface area is 88.7 Å². The monoisotopic (exact) mass is 288 g/mol. The van der Waals surface area contributed by atoms with E-state index >= 15 is 0 Å². The van der Waals surface area contributed by atoms with E-state index in [-0.39, 0.29) is 0 Å². The predicted octanol–water partition coefficient (Wildman–Crippen LogP) is 3.31. The second-order valence-electron chi connectivity index (χ2n) is 2.00. The summed E-state index contributed by atoms with van der Waals surface area (Å²) in [4.78, 5) is 0. The molecule has 0 bridgehead atoms. The summed E-state index contributed by atoms with van der Waals surface area (Å²) >= 11 is 20.6. The third-order valence-corrected chi connectivity index (χ3v) is 4.65. The first-order valence-corrected chi connectivity index (χ1v) is 8.66. The molecule has 0 aliphatic rings. The molecule has 0 aromatic heterocycles. The Hall–Kier alpha value is 0.787. The van der Waals surface area contributed by atoms with E-state index in [2.05, 4.69) is 15.9 Å². The average Bonchev–Trinajstić information content (AvgIpc) is 1.86. The van der Waals surface area contributed by atoms with Crippen LogP contribution in [-0.2, 0) is 0 Å². The van der Waals surface area contributed by atoms with Crippen LogP contribution in [0.1, 0.15) is 0 Å². The lowest BCUT2D eigenvalue weighted by Gasteiger charge is -2.06. The number of halogens is 4. The molecule has 0 amide bonds. The fourth-order valence-corrected chi connectivity index (χ4v) is 2.58. The SMILES string of the molecule is Cl[Si](Cl)(Cl)c1ccc(Br)cc1. The highest BCUT2D eigenvalue weighted by atomic mass is 79.9. The molecule has 1 aromatic carbocycles. The Morgan fingerprint density at radius 1 is 1.00 bits per heavy atom. The number of hydrogen-bond donors (Lipinski definition) is 0. The summed E-state index contributed by atoms with van der Waals surface area (Å²) in [6.07, 6.45) is 0. The Bertz CT molecular complexity index is 241. The van der Waals surface area contributed by atoms with Crippen LogP contribution < -0.4 is 5.19 Å². The van der Waals surface area contributed by atoms with E-state index in [9.17, 15) is 0 Å². The molecular weight excluding hydrogens is 286 g/mol. The van der Waals surface area contributed by atoms with Gasteiger partial charge in [-0.15, -0.1) is 33.2 Å². The fraction of sp³-hybridized carbons (Fsp3) is 0. The summed E-state index contributed by atoms with van der Waals surface area (Å²) in [5.74, 6) is 0. The second kappa shape index (κ2) is 3.67. The zero-order valence-electron chi connectivity index (χ0n) is 5.32. The molecule has 0 heterocycles. The van der Waals surface area contributed by atoms with Crippen molar-refractivity contribution in [2.24, 2.45) is 0 Å². The minimum Gasteiger partial charge on any atom is -0.121 e. The predicted molar refractivity (Wildman–Crippen MR) is 57.1 cm³/mol. The van der Waals surface area contributed by atoms with Gasteiger partial charge in [-0.1, -0.05) is 28.1 Å². The van der Waals surface area contributed by atoms with Crippen molar-refractivity contribution >= 4 is 60.4 Å². The molecule has 0 atom stereocenters. The summed E-state index contributed by atoms with van der Waals surface area (Å²) in [7, 11) is 0. The van der Waals surface area contributed by atoms with E-state index < -0.39 is 6.00 Å². The smallest absolute Gasteiger partial charge is 0.121 e. The van der Waals surface area contributed by atoms with Gasteiger partial charge in [0.2, 0.25) is 0 Å². The maximum atomic E-state index is 5.77. The van der Waals surface area contributed by atoms with E-state index in [1.807, 2.05) is 24.3 Å². The van der Waals surface area contributed by atoms with Gasteiger partial charge in [0.1, 0.15) is 0 Å². The first-order chi connectivity index (χ1) is 5.00. The Balaban J connectivity index is 2.99. The van der Waals surface area contributed by atoms with Crippen molar-refractivity contribution in [3.8, 4) is 0 Å². The van der Waals surface area contributed by atoms with Gasteiger partial charge in [0.25, 0.3) is 0 Å². The molecule has 5 heteroatoms. The first-order valence-electron chi connectivity index (χ1n) is 2.83. The minimum absolute atomic E-state index is 0.811. The van der Waals surface area contributed by atoms with Crippen molar-refractivity contribution < 1.29 is 0 Å². The van der Waals surface area contributed by atoms with E-state index in [1.54, 1.807) is 0 Å². The standard InChI is InChI=1S/C6H4BrCl3Si/c7-5-1-3-6(4-2-5)11(8,9)10/h1-4H. The highest BCUT2D eigenvalue weighted by Crippen LogP contribution is 2.20. The molecular formula is C6H4BrCl3Si. The van der Waals surface area contributed by atoms with Crippen LogP contribution in [0, 0.1) is 0 Å². The molecule has 0 N–H and O–H groups in total.